The molecule has 0 saturated heterocycles. The predicted octanol–water partition coefficient (Wildman–Crippen LogP) is 11.3. The Bertz CT molecular complexity index is 2380. The molecule has 8 aromatic rings. The van der Waals surface area contributed by atoms with Crippen molar-refractivity contribution >= 4 is 21.9 Å². The van der Waals surface area contributed by atoms with Gasteiger partial charge in [-0.2, -0.15) is 0 Å². The van der Waals surface area contributed by atoms with Crippen molar-refractivity contribution in [1.82, 2.24) is 0 Å². The summed E-state index contributed by atoms with van der Waals surface area (Å²) in [6, 6.07) is 57.5. The van der Waals surface area contributed by atoms with Crippen LogP contribution < -0.4 is 0 Å². The van der Waals surface area contributed by atoms with Crippen LogP contribution >= 0.6 is 0 Å². The maximum atomic E-state index is 6.71. The average molecular weight is 559 g/mol. The van der Waals surface area contributed by atoms with Crippen molar-refractivity contribution in [3.63, 3.8) is 0 Å². The monoisotopic (exact) mass is 558 g/mol. The summed E-state index contributed by atoms with van der Waals surface area (Å²) in [4.78, 5) is 0. The number of benzene rings is 7. The highest BCUT2D eigenvalue weighted by atomic mass is 16.3. The Morgan fingerprint density at radius 3 is 1.52 bits per heavy atom. The highest BCUT2D eigenvalue weighted by Gasteiger charge is 2.51. The standard InChI is InChI=1S/C43H26O/c1-2-11-27(12-3-1)28-21-23-29(24-22-28)30-16-10-20-40-42(30)35-25-34-33-15-6-9-19-38(33)43(39(34)26-41(35)44-40)36-17-7-4-13-31(36)32-14-5-8-18-37(32)43/h1-26H. The minimum atomic E-state index is -0.373. The van der Waals surface area contributed by atoms with E-state index in [4.69, 9.17) is 4.42 Å². The van der Waals surface area contributed by atoms with E-state index >= 15 is 0 Å². The summed E-state index contributed by atoms with van der Waals surface area (Å²) in [6.45, 7) is 0. The van der Waals surface area contributed by atoms with Crippen LogP contribution in [0.5, 0.6) is 0 Å². The highest BCUT2D eigenvalue weighted by Crippen LogP contribution is 2.63. The summed E-state index contributed by atoms with van der Waals surface area (Å²) in [5.74, 6) is 0. The highest BCUT2D eigenvalue weighted by molar-refractivity contribution is 6.14. The van der Waals surface area contributed by atoms with Crippen LogP contribution in [0.4, 0.5) is 0 Å². The normalized spacial score (nSPS) is 13.6. The van der Waals surface area contributed by atoms with E-state index in [1.165, 1.54) is 72.1 Å². The Hall–Kier alpha value is -5.66. The maximum absolute atomic E-state index is 6.71. The number of furan rings is 1. The quantitative estimate of drug-likeness (QED) is 0.206. The van der Waals surface area contributed by atoms with E-state index in [0.29, 0.717) is 0 Å². The molecule has 0 radical (unpaired) electrons. The van der Waals surface area contributed by atoms with Gasteiger partial charge in [0.15, 0.2) is 0 Å². The number of fused-ring (bicyclic) bond motifs is 13. The molecule has 2 aliphatic carbocycles. The molecule has 1 heterocycles. The molecule has 0 amide bonds. The van der Waals surface area contributed by atoms with Gasteiger partial charge in [0.1, 0.15) is 11.2 Å². The van der Waals surface area contributed by atoms with Crippen molar-refractivity contribution in [2.75, 3.05) is 0 Å². The molecule has 1 aromatic heterocycles. The van der Waals surface area contributed by atoms with E-state index in [9.17, 15) is 0 Å². The molecule has 0 fully saturated rings. The number of hydrogen-bond acceptors (Lipinski definition) is 1. The largest absolute Gasteiger partial charge is 0.456 e. The molecule has 0 aliphatic heterocycles. The first-order chi connectivity index (χ1) is 21.8. The van der Waals surface area contributed by atoms with Gasteiger partial charge in [0.05, 0.1) is 5.41 Å². The fourth-order valence-electron chi connectivity index (χ4n) is 8.12. The molecule has 0 atom stereocenters. The Morgan fingerprint density at radius 2 is 0.864 bits per heavy atom. The molecule has 10 rings (SSSR count). The van der Waals surface area contributed by atoms with Crippen LogP contribution in [0.2, 0.25) is 0 Å². The molecule has 0 N–H and O–H groups in total. The summed E-state index contributed by atoms with van der Waals surface area (Å²) in [5, 5.41) is 2.33. The molecule has 2 aliphatic rings. The van der Waals surface area contributed by atoms with Crippen LogP contribution in [-0.2, 0) is 5.41 Å². The topological polar surface area (TPSA) is 13.1 Å². The second-order valence-electron chi connectivity index (χ2n) is 12.0. The Kier molecular flexibility index (Phi) is 4.71. The molecule has 0 bridgehead atoms. The Morgan fingerprint density at radius 1 is 0.341 bits per heavy atom. The zero-order chi connectivity index (χ0) is 28.8. The van der Waals surface area contributed by atoms with Crippen molar-refractivity contribution in [2.45, 2.75) is 5.41 Å². The zero-order valence-corrected chi connectivity index (χ0v) is 23.9. The Balaban J connectivity index is 1.24. The Labute approximate surface area is 255 Å². The molecular formula is C43H26O. The third-order valence-electron chi connectivity index (χ3n) is 9.92. The van der Waals surface area contributed by atoms with Crippen molar-refractivity contribution in [1.29, 1.82) is 0 Å². The molecule has 204 valence electrons. The first kappa shape index (κ1) is 23.9. The maximum Gasteiger partial charge on any atom is 0.136 e. The molecule has 0 saturated carbocycles. The van der Waals surface area contributed by atoms with Crippen LogP contribution in [0.25, 0.3) is 66.4 Å². The first-order valence-corrected chi connectivity index (χ1v) is 15.3. The van der Waals surface area contributed by atoms with Crippen molar-refractivity contribution in [2.24, 2.45) is 0 Å². The fourth-order valence-corrected chi connectivity index (χ4v) is 8.12. The lowest BCUT2D eigenvalue weighted by atomic mass is 9.70. The predicted molar refractivity (Wildman–Crippen MR) is 181 cm³/mol. The molecule has 1 nitrogen and oxygen atoms in total. The lowest BCUT2D eigenvalue weighted by Crippen LogP contribution is -2.25. The number of hydrogen-bond donors (Lipinski definition) is 0. The minimum absolute atomic E-state index is 0.373. The molecule has 1 heteroatoms. The van der Waals surface area contributed by atoms with Crippen LogP contribution in [0.1, 0.15) is 22.3 Å². The third kappa shape index (κ3) is 2.98. The van der Waals surface area contributed by atoms with E-state index in [1.807, 2.05) is 0 Å². The van der Waals surface area contributed by atoms with Crippen molar-refractivity contribution < 1.29 is 4.42 Å². The summed E-state index contributed by atoms with van der Waals surface area (Å²) in [5.41, 5.74) is 16.9. The van der Waals surface area contributed by atoms with Gasteiger partial charge in [-0.1, -0.05) is 140 Å². The van der Waals surface area contributed by atoms with Crippen LogP contribution in [0, 0.1) is 0 Å². The van der Waals surface area contributed by atoms with E-state index in [0.717, 1.165) is 16.6 Å². The smallest absolute Gasteiger partial charge is 0.136 e. The zero-order valence-electron chi connectivity index (χ0n) is 23.9. The average Bonchev–Trinajstić information content (AvgIpc) is 3.71. The molecule has 1 spiro atoms. The van der Waals surface area contributed by atoms with Gasteiger partial charge >= 0.3 is 0 Å². The fraction of sp³-hybridized carbons (Fsp3) is 0.0233. The SMILES string of the molecule is c1ccc(-c2ccc(-c3cccc4oc5cc6c(cc5c34)-c3ccccc3C63c4ccccc4-c4ccccc43)cc2)cc1. The molecule has 44 heavy (non-hydrogen) atoms. The van der Waals surface area contributed by atoms with E-state index in [1.54, 1.807) is 0 Å². The van der Waals surface area contributed by atoms with Gasteiger partial charge in [0.25, 0.3) is 0 Å². The molecule has 0 unspecified atom stereocenters. The summed E-state index contributed by atoms with van der Waals surface area (Å²) >= 11 is 0. The molecular weight excluding hydrogens is 532 g/mol. The van der Waals surface area contributed by atoms with E-state index < -0.39 is 0 Å². The van der Waals surface area contributed by atoms with Gasteiger partial charge in [-0.15, -0.1) is 0 Å². The summed E-state index contributed by atoms with van der Waals surface area (Å²) < 4.78 is 6.71. The van der Waals surface area contributed by atoms with Crippen molar-refractivity contribution in [3.8, 4) is 44.5 Å². The van der Waals surface area contributed by atoms with Crippen molar-refractivity contribution in [3.05, 3.63) is 180 Å². The lowest BCUT2D eigenvalue weighted by Gasteiger charge is -2.30. The first-order valence-electron chi connectivity index (χ1n) is 15.3. The van der Waals surface area contributed by atoms with E-state index in [-0.39, 0.29) is 5.41 Å². The number of rotatable bonds is 2. The molecule has 7 aromatic carbocycles. The van der Waals surface area contributed by atoms with Crippen LogP contribution in [0.15, 0.2) is 162 Å². The van der Waals surface area contributed by atoms with Gasteiger partial charge in [-0.3, -0.25) is 0 Å². The van der Waals surface area contributed by atoms with Gasteiger partial charge in [0.2, 0.25) is 0 Å². The van der Waals surface area contributed by atoms with Crippen LogP contribution in [0.3, 0.4) is 0 Å². The summed E-state index contributed by atoms with van der Waals surface area (Å²) in [7, 11) is 0. The van der Waals surface area contributed by atoms with E-state index in [2.05, 4.69) is 158 Å². The second-order valence-corrected chi connectivity index (χ2v) is 12.0. The summed E-state index contributed by atoms with van der Waals surface area (Å²) in [6.07, 6.45) is 0. The van der Waals surface area contributed by atoms with Crippen LogP contribution in [-0.4, -0.2) is 0 Å². The minimum Gasteiger partial charge on any atom is -0.456 e. The van der Waals surface area contributed by atoms with Gasteiger partial charge in [-0.05, 0) is 85.0 Å². The second kappa shape index (κ2) is 8.69. The van der Waals surface area contributed by atoms with Gasteiger partial charge < -0.3 is 4.42 Å². The van der Waals surface area contributed by atoms with Gasteiger partial charge in [0, 0.05) is 10.8 Å². The lowest BCUT2D eigenvalue weighted by molar-refractivity contribution is 0.666. The third-order valence-corrected chi connectivity index (χ3v) is 9.92. The van der Waals surface area contributed by atoms with Gasteiger partial charge in [-0.25, -0.2) is 0 Å².